The second kappa shape index (κ2) is 5.41. The highest BCUT2D eigenvalue weighted by molar-refractivity contribution is 5.70. The average molecular weight is 266 g/mol. The molecule has 19 heavy (non-hydrogen) atoms. The summed E-state index contributed by atoms with van der Waals surface area (Å²) in [5, 5.41) is 12.9. The van der Waals surface area contributed by atoms with E-state index in [2.05, 4.69) is 17.1 Å². The van der Waals surface area contributed by atoms with E-state index < -0.39 is 5.97 Å². The van der Waals surface area contributed by atoms with Gasteiger partial charge < -0.3 is 10.4 Å². The third kappa shape index (κ3) is 3.11. The molecule has 3 aliphatic rings. The van der Waals surface area contributed by atoms with Gasteiger partial charge in [0.25, 0.3) is 0 Å². The molecule has 4 unspecified atom stereocenters. The summed E-state index contributed by atoms with van der Waals surface area (Å²) in [5.74, 6) is -0.726. The molecule has 0 radical (unpaired) electrons. The van der Waals surface area contributed by atoms with E-state index in [1.54, 1.807) is 0 Å². The molecule has 1 aliphatic heterocycles. The Kier molecular flexibility index (Phi) is 3.81. The van der Waals surface area contributed by atoms with Crippen molar-refractivity contribution in [2.75, 3.05) is 6.54 Å². The van der Waals surface area contributed by atoms with Crippen molar-refractivity contribution >= 4 is 5.97 Å². The summed E-state index contributed by atoms with van der Waals surface area (Å²) in [4.78, 5) is 13.8. The molecule has 4 heteroatoms. The van der Waals surface area contributed by atoms with Gasteiger partial charge in [-0.1, -0.05) is 6.42 Å². The first kappa shape index (κ1) is 13.4. The molecule has 4 nitrogen and oxygen atoms in total. The van der Waals surface area contributed by atoms with Crippen LogP contribution in [0.2, 0.25) is 0 Å². The van der Waals surface area contributed by atoms with Gasteiger partial charge in [-0.25, -0.2) is 0 Å². The molecule has 108 valence electrons. The highest BCUT2D eigenvalue weighted by atomic mass is 16.4. The number of aliphatic carboxylic acids is 1. The van der Waals surface area contributed by atoms with Crippen LogP contribution < -0.4 is 5.32 Å². The van der Waals surface area contributed by atoms with Crippen molar-refractivity contribution in [2.45, 2.75) is 76.0 Å². The molecule has 4 atom stereocenters. The Labute approximate surface area is 115 Å². The van der Waals surface area contributed by atoms with Crippen molar-refractivity contribution < 1.29 is 9.90 Å². The highest BCUT2D eigenvalue weighted by Crippen LogP contribution is 2.34. The number of carbonyl (C=O) groups is 1. The maximum atomic E-state index is 11.1. The standard InChI is InChI=1S/C15H26N2O2/c1-10-7-13(9-17(10)14-5-6-14)16-12-4-2-3-11(8-12)15(18)19/h10-14,16H,2-9H2,1H3,(H,18,19). The summed E-state index contributed by atoms with van der Waals surface area (Å²) in [6, 6.07) is 2.54. The SMILES string of the molecule is CC1CC(NC2CCCC(C(=O)O)C2)CN1C1CC1. The van der Waals surface area contributed by atoms with E-state index in [1.165, 1.54) is 25.8 Å². The summed E-state index contributed by atoms with van der Waals surface area (Å²) in [5.41, 5.74) is 0. The van der Waals surface area contributed by atoms with E-state index in [0.29, 0.717) is 18.1 Å². The maximum Gasteiger partial charge on any atom is 0.306 e. The van der Waals surface area contributed by atoms with Gasteiger partial charge in [-0.15, -0.1) is 0 Å². The number of nitrogens with one attached hydrogen (secondary N) is 1. The van der Waals surface area contributed by atoms with Gasteiger partial charge in [0.2, 0.25) is 0 Å². The summed E-state index contributed by atoms with van der Waals surface area (Å²) >= 11 is 0. The number of hydrogen-bond acceptors (Lipinski definition) is 3. The van der Waals surface area contributed by atoms with Crippen molar-refractivity contribution in [3.05, 3.63) is 0 Å². The van der Waals surface area contributed by atoms with Gasteiger partial charge >= 0.3 is 5.97 Å². The van der Waals surface area contributed by atoms with Crippen LogP contribution in [0.1, 0.15) is 51.9 Å². The Hall–Kier alpha value is -0.610. The molecule has 0 aromatic rings. The third-order valence-corrected chi connectivity index (χ3v) is 5.13. The van der Waals surface area contributed by atoms with Crippen molar-refractivity contribution in [1.82, 2.24) is 10.2 Å². The molecule has 3 fully saturated rings. The fraction of sp³-hybridized carbons (Fsp3) is 0.933. The number of carboxylic acid groups (broad SMARTS) is 1. The topological polar surface area (TPSA) is 52.6 Å². The first-order valence-corrected chi connectivity index (χ1v) is 7.88. The second-order valence-corrected chi connectivity index (χ2v) is 6.77. The first-order valence-electron chi connectivity index (χ1n) is 7.88. The molecule has 1 heterocycles. The molecule has 0 spiro atoms. The number of likely N-dealkylation sites (tertiary alicyclic amines) is 1. The van der Waals surface area contributed by atoms with Gasteiger partial charge in [-0.3, -0.25) is 9.69 Å². The fourth-order valence-electron chi connectivity index (χ4n) is 3.99. The van der Waals surface area contributed by atoms with Gasteiger partial charge in [0.15, 0.2) is 0 Å². The Morgan fingerprint density at radius 3 is 2.63 bits per heavy atom. The number of carboxylic acids is 1. The van der Waals surface area contributed by atoms with Crippen LogP contribution in [-0.2, 0) is 4.79 Å². The minimum absolute atomic E-state index is 0.121. The average Bonchev–Trinajstić information content (AvgIpc) is 3.15. The Morgan fingerprint density at radius 1 is 1.16 bits per heavy atom. The van der Waals surface area contributed by atoms with Crippen LogP contribution in [0, 0.1) is 5.92 Å². The van der Waals surface area contributed by atoms with Crippen molar-refractivity contribution in [1.29, 1.82) is 0 Å². The third-order valence-electron chi connectivity index (χ3n) is 5.13. The summed E-state index contributed by atoms with van der Waals surface area (Å²) < 4.78 is 0. The largest absolute Gasteiger partial charge is 0.481 e. The molecular formula is C15H26N2O2. The first-order chi connectivity index (χ1) is 9.13. The quantitative estimate of drug-likeness (QED) is 0.815. The lowest BCUT2D eigenvalue weighted by molar-refractivity contribution is -0.143. The minimum Gasteiger partial charge on any atom is -0.481 e. The van der Waals surface area contributed by atoms with Crippen molar-refractivity contribution in [3.63, 3.8) is 0 Å². The predicted molar refractivity (Wildman–Crippen MR) is 74.1 cm³/mol. The smallest absolute Gasteiger partial charge is 0.306 e. The predicted octanol–water partition coefficient (Wildman–Crippen LogP) is 1.84. The molecule has 2 aliphatic carbocycles. The Balaban J connectivity index is 1.50. The molecule has 3 rings (SSSR count). The van der Waals surface area contributed by atoms with Crippen molar-refractivity contribution in [2.24, 2.45) is 5.92 Å². The van der Waals surface area contributed by atoms with Crippen LogP contribution in [-0.4, -0.2) is 46.7 Å². The van der Waals surface area contributed by atoms with Gasteiger partial charge in [-0.2, -0.15) is 0 Å². The fourth-order valence-corrected chi connectivity index (χ4v) is 3.99. The summed E-state index contributed by atoms with van der Waals surface area (Å²) in [6.45, 7) is 3.50. The zero-order valence-corrected chi connectivity index (χ0v) is 11.8. The second-order valence-electron chi connectivity index (χ2n) is 6.77. The van der Waals surface area contributed by atoms with E-state index in [-0.39, 0.29) is 5.92 Å². The van der Waals surface area contributed by atoms with Crippen LogP contribution >= 0.6 is 0 Å². The van der Waals surface area contributed by atoms with E-state index >= 15 is 0 Å². The molecule has 0 bridgehead atoms. The van der Waals surface area contributed by atoms with Crippen LogP contribution in [0.4, 0.5) is 0 Å². The van der Waals surface area contributed by atoms with E-state index in [1.807, 2.05) is 0 Å². The van der Waals surface area contributed by atoms with Crippen LogP contribution in [0.15, 0.2) is 0 Å². The van der Waals surface area contributed by atoms with Gasteiger partial charge in [0, 0.05) is 30.7 Å². The molecule has 1 saturated heterocycles. The van der Waals surface area contributed by atoms with Crippen LogP contribution in [0.3, 0.4) is 0 Å². The normalized spacial score (nSPS) is 40.5. The van der Waals surface area contributed by atoms with Crippen molar-refractivity contribution in [3.8, 4) is 0 Å². The molecule has 0 amide bonds. The maximum absolute atomic E-state index is 11.1. The lowest BCUT2D eigenvalue weighted by atomic mass is 9.85. The number of rotatable bonds is 4. The highest BCUT2D eigenvalue weighted by Gasteiger charge is 2.39. The lowest BCUT2D eigenvalue weighted by Crippen LogP contribution is -2.43. The van der Waals surface area contributed by atoms with Gasteiger partial charge in [0.05, 0.1) is 5.92 Å². The van der Waals surface area contributed by atoms with E-state index in [4.69, 9.17) is 5.11 Å². The summed E-state index contributed by atoms with van der Waals surface area (Å²) in [6.07, 6.45) is 7.88. The zero-order chi connectivity index (χ0) is 13.4. The zero-order valence-electron chi connectivity index (χ0n) is 11.8. The Morgan fingerprint density at radius 2 is 1.95 bits per heavy atom. The van der Waals surface area contributed by atoms with Gasteiger partial charge in [-0.05, 0) is 45.4 Å². The Bertz CT molecular complexity index is 343. The van der Waals surface area contributed by atoms with E-state index in [0.717, 1.165) is 31.7 Å². The molecule has 0 aromatic carbocycles. The van der Waals surface area contributed by atoms with Crippen LogP contribution in [0.25, 0.3) is 0 Å². The molecular weight excluding hydrogens is 240 g/mol. The summed E-state index contributed by atoms with van der Waals surface area (Å²) in [7, 11) is 0. The molecule has 0 aromatic heterocycles. The lowest BCUT2D eigenvalue weighted by Gasteiger charge is -2.30. The van der Waals surface area contributed by atoms with Crippen LogP contribution in [0.5, 0.6) is 0 Å². The van der Waals surface area contributed by atoms with Gasteiger partial charge in [0.1, 0.15) is 0 Å². The monoisotopic (exact) mass is 266 g/mol. The number of nitrogens with zero attached hydrogens (tertiary/aromatic N) is 1. The number of hydrogen-bond donors (Lipinski definition) is 2. The van der Waals surface area contributed by atoms with E-state index in [9.17, 15) is 4.79 Å². The molecule has 2 N–H and O–H groups in total. The minimum atomic E-state index is -0.606. The molecule has 2 saturated carbocycles.